The average molecular weight is 368 g/mol. The first-order valence-corrected chi connectivity index (χ1v) is 10.0. The lowest BCUT2D eigenvalue weighted by Gasteiger charge is -2.02. The van der Waals surface area contributed by atoms with Crippen molar-refractivity contribution in [3.63, 3.8) is 0 Å². The van der Waals surface area contributed by atoms with E-state index in [1.807, 2.05) is 23.7 Å². The van der Waals surface area contributed by atoms with Gasteiger partial charge in [-0.2, -0.15) is 0 Å². The van der Waals surface area contributed by atoms with Crippen molar-refractivity contribution in [3.8, 4) is 11.3 Å². The third-order valence-corrected chi connectivity index (χ3v) is 7.05. The number of thiophene rings is 2. The van der Waals surface area contributed by atoms with Crippen molar-refractivity contribution in [2.45, 2.75) is 0 Å². The second-order valence-electron chi connectivity index (χ2n) is 6.33. The fourth-order valence-corrected chi connectivity index (χ4v) is 5.69. The monoisotopic (exact) mass is 368 g/mol. The Bertz CT molecular complexity index is 1440. The number of pyridine rings is 2. The molecule has 0 aliphatic carbocycles. The summed E-state index contributed by atoms with van der Waals surface area (Å²) in [6, 6.07) is 21.5. The van der Waals surface area contributed by atoms with E-state index in [9.17, 15) is 0 Å². The van der Waals surface area contributed by atoms with Crippen LogP contribution in [0.4, 0.5) is 0 Å². The lowest BCUT2D eigenvalue weighted by Crippen LogP contribution is -1.83. The van der Waals surface area contributed by atoms with E-state index >= 15 is 0 Å². The van der Waals surface area contributed by atoms with E-state index in [4.69, 9.17) is 4.98 Å². The minimum absolute atomic E-state index is 1.03. The quantitative estimate of drug-likeness (QED) is 0.316. The number of hydrogen-bond donors (Lipinski definition) is 0. The molecule has 0 unspecified atom stereocenters. The predicted molar refractivity (Wildman–Crippen MR) is 113 cm³/mol. The third kappa shape index (κ3) is 2.03. The number of hydrogen-bond acceptors (Lipinski definition) is 4. The summed E-state index contributed by atoms with van der Waals surface area (Å²) >= 11 is 3.62. The molecular formula is C22H12N2S2. The summed E-state index contributed by atoms with van der Waals surface area (Å²) in [4.78, 5) is 9.27. The van der Waals surface area contributed by atoms with E-state index in [1.54, 1.807) is 11.3 Å². The number of fused-ring (bicyclic) bond motifs is 6. The predicted octanol–water partition coefficient (Wildman–Crippen LogP) is 6.88. The Kier molecular flexibility index (Phi) is 2.95. The van der Waals surface area contributed by atoms with Crippen LogP contribution in [-0.4, -0.2) is 9.97 Å². The molecule has 0 bridgehead atoms. The van der Waals surface area contributed by atoms with E-state index < -0.39 is 0 Å². The molecule has 0 N–H and O–H groups in total. The summed E-state index contributed by atoms with van der Waals surface area (Å²) in [5.74, 6) is 0. The molecule has 0 radical (unpaired) electrons. The first-order chi connectivity index (χ1) is 12.9. The van der Waals surface area contributed by atoms with Gasteiger partial charge in [-0.05, 0) is 30.3 Å². The highest BCUT2D eigenvalue weighted by Gasteiger charge is 2.10. The number of benzene rings is 2. The summed E-state index contributed by atoms with van der Waals surface area (Å²) in [6.07, 6.45) is 3.81. The zero-order valence-corrected chi connectivity index (χ0v) is 15.3. The summed E-state index contributed by atoms with van der Waals surface area (Å²) < 4.78 is 5.09. The fourth-order valence-electron chi connectivity index (χ4n) is 3.53. The molecule has 26 heavy (non-hydrogen) atoms. The molecule has 2 nitrogen and oxygen atoms in total. The van der Waals surface area contributed by atoms with E-state index in [-0.39, 0.29) is 0 Å². The van der Waals surface area contributed by atoms with Crippen LogP contribution in [0, 0.1) is 0 Å². The maximum atomic E-state index is 5.00. The van der Waals surface area contributed by atoms with Crippen LogP contribution in [0.1, 0.15) is 0 Å². The normalized spacial score (nSPS) is 11.8. The standard InChI is InChI=1S/C22H12N2S2/c1-2-4-18-15(3-1)22-20(25-18)8-7-17(24-22)13-5-6-14-16-12-23-10-9-19(16)26-21(14)11-13/h1-12H. The number of aromatic nitrogens is 2. The number of rotatable bonds is 1. The van der Waals surface area contributed by atoms with E-state index in [2.05, 4.69) is 65.6 Å². The maximum Gasteiger partial charge on any atom is 0.0895 e. The van der Waals surface area contributed by atoms with Gasteiger partial charge in [0.2, 0.25) is 0 Å². The molecular weight excluding hydrogens is 356 g/mol. The van der Waals surface area contributed by atoms with Gasteiger partial charge in [-0.3, -0.25) is 4.98 Å². The SMILES string of the molecule is c1ccc2c(c1)sc1ccc(-c3ccc4c(c3)sc3ccncc34)nc12. The maximum absolute atomic E-state index is 5.00. The van der Waals surface area contributed by atoms with Crippen molar-refractivity contribution < 1.29 is 0 Å². The van der Waals surface area contributed by atoms with Gasteiger partial charge >= 0.3 is 0 Å². The minimum Gasteiger partial charge on any atom is -0.264 e. The zero-order valence-electron chi connectivity index (χ0n) is 13.6. The van der Waals surface area contributed by atoms with Gasteiger partial charge in [-0.15, -0.1) is 22.7 Å². The molecule has 0 amide bonds. The van der Waals surface area contributed by atoms with Crippen molar-refractivity contribution in [2.24, 2.45) is 0 Å². The van der Waals surface area contributed by atoms with E-state index in [1.165, 1.54) is 35.0 Å². The number of nitrogens with zero attached hydrogens (tertiary/aromatic N) is 2. The topological polar surface area (TPSA) is 25.8 Å². The first-order valence-electron chi connectivity index (χ1n) is 8.42. The fraction of sp³-hybridized carbons (Fsp3) is 0. The highest BCUT2D eigenvalue weighted by molar-refractivity contribution is 7.26. The molecule has 4 heteroatoms. The summed E-state index contributed by atoms with van der Waals surface area (Å²) in [7, 11) is 0. The van der Waals surface area contributed by atoms with Crippen LogP contribution in [-0.2, 0) is 0 Å². The molecule has 0 spiro atoms. The third-order valence-electron chi connectivity index (χ3n) is 4.79. The Labute approximate surface area is 157 Å². The Morgan fingerprint density at radius 3 is 2.54 bits per heavy atom. The second kappa shape index (κ2) is 5.34. The Balaban J connectivity index is 1.59. The Morgan fingerprint density at radius 2 is 1.54 bits per heavy atom. The summed E-state index contributed by atoms with van der Waals surface area (Å²) in [5, 5.41) is 3.73. The molecule has 0 saturated heterocycles. The summed E-state index contributed by atoms with van der Waals surface area (Å²) in [5.41, 5.74) is 3.29. The van der Waals surface area contributed by atoms with E-state index in [0.29, 0.717) is 0 Å². The van der Waals surface area contributed by atoms with Crippen LogP contribution in [0.3, 0.4) is 0 Å². The summed E-state index contributed by atoms with van der Waals surface area (Å²) in [6.45, 7) is 0. The molecule has 0 aliphatic heterocycles. The second-order valence-corrected chi connectivity index (χ2v) is 8.49. The van der Waals surface area contributed by atoms with Crippen LogP contribution < -0.4 is 0 Å². The Morgan fingerprint density at radius 1 is 0.654 bits per heavy atom. The molecule has 2 aromatic carbocycles. The van der Waals surface area contributed by atoms with Gasteiger partial charge in [0, 0.05) is 48.2 Å². The molecule has 0 aliphatic rings. The lowest BCUT2D eigenvalue weighted by molar-refractivity contribution is 1.37. The molecule has 0 saturated carbocycles. The van der Waals surface area contributed by atoms with Crippen molar-refractivity contribution in [1.82, 2.24) is 9.97 Å². The molecule has 6 rings (SSSR count). The smallest absolute Gasteiger partial charge is 0.0895 e. The van der Waals surface area contributed by atoms with Crippen molar-refractivity contribution in [2.75, 3.05) is 0 Å². The van der Waals surface area contributed by atoms with Crippen molar-refractivity contribution in [1.29, 1.82) is 0 Å². The van der Waals surface area contributed by atoms with Crippen LogP contribution in [0.15, 0.2) is 73.1 Å². The van der Waals surface area contributed by atoms with Crippen LogP contribution in [0.25, 0.3) is 51.7 Å². The average Bonchev–Trinajstić information content (AvgIpc) is 3.25. The van der Waals surface area contributed by atoms with Crippen LogP contribution in [0.5, 0.6) is 0 Å². The molecule has 4 heterocycles. The van der Waals surface area contributed by atoms with Gasteiger partial charge < -0.3 is 0 Å². The zero-order chi connectivity index (χ0) is 17.1. The van der Waals surface area contributed by atoms with E-state index in [0.717, 1.165) is 16.8 Å². The van der Waals surface area contributed by atoms with Gasteiger partial charge in [-0.25, -0.2) is 4.98 Å². The lowest BCUT2D eigenvalue weighted by atomic mass is 10.1. The molecule has 0 fully saturated rings. The Hall–Kier alpha value is -2.82. The van der Waals surface area contributed by atoms with Gasteiger partial charge in [0.25, 0.3) is 0 Å². The largest absolute Gasteiger partial charge is 0.264 e. The molecule has 6 aromatic rings. The highest BCUT2D eigenvalue weighted by atomic mass is 32.1. The van der Waals surface area contributed by atoms with Crippen molar-refractivity contribution in [3.05, 3.63) is 73.1 Å². The van der Waals surface area contributed by atoms with Gasteiger partial charge in [0.1, 0.15) is 0 Å². The van der Waals surface area contributed by atoms with Crippen LogP contribution in [0.2, 0.25) is 0 Å². The highest BCUT2D eigenvalue weighted by Crippen LogP contribution is 2.37. The molecule has 122 valence electrons. The van der Waals surface area contributed by atoms with Crippen molar-refractivity contribution >= 4 is 63.1 Å². The molecule has 4 aromatic heterocycles. The van der Waals surface area contributed by atoms with Gasteiger partial charge in [0.05, 0.1) is 15.9 Å². The molecule has 0 atom stereocenters. The van der Waals surface area contributed by atoms with Gasteiger partial charge in [-0.1, -0.05) is 30.3 Å². The minimum atomic E-state index is 1.03. The first kappa shape index (κ1) is 14.4. The van der Waals surface area contributed by atoms with Gasteiger partial charge in [0.15, 0.2) is 0 Å². The van der Waals surface area contributed by atoms with Crippen LogP contribution >= 0.6 is 22.7 Å².